The monoisotopic (exact) mass is 117 g/mol. The van der Waals surface area contributed by atoms with Gasteiger partial charge in [-0.05, 0) is 13.8 Å². The SMILES string of the molecule is CC(C)OC(=O)[CH]O. The zero-order valence-electron chi connectivity index (χ0n) is 4.92. The zero-order chi connectivity index (χ0) is 6.57. The van der Waals surface area contributed by atoms with Gasteiger partial charge in [0.2, 0.25) is 0 Å². The molecule has 0 aliphatic rings. The average molecular weight is 117 g/mol. The van der Waals surface area contributed by atoms with Crippen LogP contribution >= 0.6 is 0 Å². The van der Waals surface area contributed by atoms with Crippen molar-refractivity contribution in [3.05, 3.63) is 6.61 Å². The lowest BCUT2D eigenvalue weighted by molar-refractivity contribution is -0.146. The molecule has 0 fully saturated rings. The van der Waals surface area contributed by atoms with Gasteiger partial charge in [-0.2, -0.15) is 0 Å². The van der Waals surface area contributed by atoms with Crippen LogP contribution in [0.5, 0.6) is 0 Å². The molecule has 0 saturated heterocycles. The second-order valence-corrected chi connectivity index (χ2v) is 1.61. The molecule has 0 unspecified atom stereocenters. The van der Waals surface area contributed by atoms with Crippen LogP contribution in [0.3, 0.4) is 0 Å². The van der Waals surface area contributed by atoms with E-state index < -0.39 is 5.97 Å². The van der Waals surface area contributed by atoms with Crippen molar-refractivity contribution in [1.82, 2.24) is 0 Å². The van der Waals surface area contributed by atoms with Crippen LogP contribution in [0.25, 0.3) is 0 Å². The van der Waals surface area contributed by atoms with Crippen molar-refractivity contribution in [2.24, 2.45) is 0 Å². The molecule has 1 N–H and O–H groups in total. The van der Waals surface area contributed by atoms with Gasteiger partial charge in [0.15, 0.2) is 6.61 Å². The Morgan fingerprint density at radius 3 is 2.38 bits per heavy atom. The van der Waals surface area contributed by atoms with Gasteiger partial charge in [-0.25, -0.2) is 4.79 Å². The molecule has 0 rings (SSSR count). The third-order valence-electron chi connectivity index (χ3n) is 0.457. The summed E-state index contributed by atoms with van der Waals surface area (Å²) in [4.78, 5) is 10.1. The molecule has 47 valence electrons. The smallest absolute Gasteiger partial charge is 0.338 e. The van der Waals surface area contributed by atoms with E-state index in [-0.39, 0.29) is 6.10 Å². The molecule has 3 heteroatoms. The number of aliphatic hydroxyl groups excluding tert-OH is 1. The molecule has 0 aliphatic carbocycles. The summed E-state index contributed by atoms with van der Waals surface area (Å²) < 4.78 is 4.45. The lowest BCUT2D eigenvalue weighted by Crippen LogP contribution is -2.10. The van der Waals surface area contributed by atoms with Crippen molar-refractivity contribution in [3.63, 3.8) is 0 Å². The maximum absolute atomic E-state index is 10.1. The summed E-state index contributed by atoms with van der Waals surface area (Å²) >= 11 is 0. The molecule has 0 aromatic heterocycles. The Balaban J connectivity index is 3.25. The average Bonchev–Trinajstić information content (AvgIpc) is 1.65. The van der Waals surface area contributed by atoms with E-state index in [1.165, 1.54) is 0 Å². The van der Waals surface area contributed by atoms with Crippen LogP contribution in [-0.4, -0.2) is 17.2 Å². The molecule has 1 radical (unpaired) electrons. The maximum Gasteiger partial charge on any atom is 0.338 e. The van der Waals surface area contributed by atoms with Gasteiger partial charge < -0.3 is 9.84 Å². The highest BCUT2D eigenvalue weighted by Crippen LogP contribution is 1.88. The third-order valence-corrected chi connectivity index (χ3v) is 0.457. The molecule has 0 bridgehead atoms. The lowest BCUT2D eigenvalue weighted by atomic mass is 10.5. The Bertz CT molecular complexity index is 77.7. The summed E-state index contributed by atoms with van der Waals surface area (Å²) in [5, 5.41) is 7.98. The molecular weight excluding hydrogens is 108 g/mol. The Morgan fingerprint density at radius 1 is 1.75 bits per heavy atom. The van der Waals surface area contributed by atoms with E-state index in [0.717, 1.165) is 0 Å². The first kappa shape index (κ1) is 7.43. The number of ether oxygens (including phenoxy) is 1. The highest BCUT2D eigenvalue weighted by Gasteiger charge is 2.01. The van der Waals surface area contributed by atoms with Gasteiger partial charge in [-0.15, -0.1) is 0 Å². The van der Waals surface area contributed by atoms with Crippen LogP contribution in [0, 0.1) is 6.61 Å². The standard InChI is InChI=1S/C5H9O3/c1-4(2)8-5(7)3-6/h3-4,6H,1-2H3. The van der Waals surface area contributed by atoms with Crippen LogP contribution < -0.4 is 0 Å². The molecule has 0 saturated carbocycles. The molecule has 0 aromatic rings. The number of rotatable bonds is 2. The van der Waals surface area contributed by atoms with Crippen LogP contribution in [-0.2, 0) is 9.53 Å². The number of esters is 1. The van der Waals surface area contributed by atoms with E-state index in [1.54, 1.807) is 13.8 Å². The first-order chi connectivity index (χ1) is 3.66. The predicted octanol–water partition coefficient (Wildman–Crippen LogP) is 0.472. The minimum atomic E-state index is -0.694. The molecular formula is C5H9O3. The van der Waals surface area contributed by atoms with E-state index in [2.05, 4.69) is 4.74 Å². The second kappa shape index (κ2) is 3.43. The van der Waals surface area contributed by atoms with Gasteiger partial charge in [0.25, 0.3) is 0 Å². The topological polar surface area (TPSA) is 46.5 Å². The highest BCUT2D eigenvalue weighted by atomic mass is 16.6. The fraction of sp³-hybridized carbons (Fsp3) is 0.600. The summed E-state index contributed by atoms with van der Waals surface area (Å²) in [5.41, 5.74) is 0. The molecule has 8 heavy (non-hydrogen) atoms. The van der Waals surface area contributed by atoms with E-state index in [9.17, 15) is 4.79 Å². The molecule has 0 aromatic carbocycles. The summed E-state index contributed by atoms with van der Waals surface area (Å²) in [6.07, 6.45) is -0.161. The Labute approximate surface area is 48.3 Å². The molecule has 0 heterocycles. The van der Waals surface area contributed by atoms with Gasteiger partial charge in [0.05, 0.1) is 6.10 Å². The first-order valence-electron chi connectivity index (χ1n) is 2.35. The van der Waals surface area contributed by atoms with Crippen LogP contribution in [0.15, 0.2) is 0 Å². The molecule has 0 aliphatic heterocycles. The number of carbonyl (C=O) groups is 1. The fourth-order valence-electron chi connectivity index (χ4n) is 0.263. The fourth-order valence-corrected chi connectivity index (χ4v) is 0.263. The van der Waals surface area contributed by atoms with Crippen molar-refractivity contribution < 1.29 is 14.6 Å². The minimum absolute atomic E-state index is 0.161. The summed E-state index contributed by atoms with van der Waals surface area (Å²) in [6, 6.07) is 0. The van der Waals surface area contributed by atoms with Crippen LogP contribution in [0.2, 0.25) is 0 Å². The van der Waals surface area contributed by atoms with Gasteiger partial charge in [-0.3, -0.25) is 0 Å². The van der Waals surface area contributed by atoms with Gasteiger partial charge in [0, 0.05) is 0 Å². The first-order valence-corrected chi connectivity index (χ1v) is 2.35. The molecule has 0 amide bonds. The molecule has 3 nitrogen and oxygen atoms in total. The van der Waals surface area contributed by atoms with Crippen molar-refractivity contribution in [1.29, 1.82) is 0 Å². The number of hydrogen-bond donors (Lipinski definition) is 1. The van der Waals surface area contributed by atoms with Crippen molar-refractivity contribution in [2.45, 2.75) is 20.0 Å². The van der Waals surface area contributed by atoms with Gasteiger partial charge in [0.1, 0.15) is 0 Å². The van der Waals surface area contributed by atoms with Gasteiger partial charge in [-0.1, -0.05) is 0 Å². The highest BCUT2D eigenvalue weighted by molar-refractivity contribution is 5.76. The number of carbonyl (C=O) groups excluding carboxylic acids is 1. The summed E-state index contributed by atoms with van der Waals surface area (Å²) in [7, 11) is 0. The van der Waals surface area contributed by atoms with Crippen molar-refractivity contribution in [3.8, 4) is 0 Å². The normalized spacial score (nSPS) is 9.50. The van der Waals surface area contributed by atoms with Crippen LogP contribution in [0.1, 0.15) is 13.8 Å². The largest absolute Gasteiger partial charge is 0.461 e. The zero-order valence-corrected chi connectivity index (χ0v) is 4.92. The Kier molecular flexibility index (Phi) is 3.19. The Hall–Kier alpha value is -0.570. The second-order valence-electron chi connectivity index (χ2n) is 1.61. The van der Waals surface area contributed by atoms with Crippen molar-refractivity contribution >= 4 is 5.97 Å². The van der Waals surface area contributed by atoms with E-state index in [0.29, 0.717) is 6.61 Å². The van der Waals surface area contributed by atoms with E-state index >= 15 is 0 Å². The molecule has 0 atom stereocenters. The van der Waals surface area contributed by atoms with E-state index in [4.69, 9.17) is 5.11 Å². The van der Waals surface area contributed by atoms with Gasteiger partial charge >= 0.3 is 5.97 Å². The van der Waals surface area contributed by atoms with Crippen LogP contribution in [0.4, 0.5) is 0 Å². The molecule has 0 spiro atoms. The Morgan fingerprint density at radius 2 is 2.25 bits per heavy atom. The number of hydrogen-bond acceptors (Lipinski definition) is 3. The number of aliphatic hydroxyl groups is 1. The van der Waals surface area contributed by atoms with Crippen molar-refractivity contribution in [2.75, 3.05) is 0 Å². The van der Waals surface area contributed by atoms with E-state index in [1.807, 2.05) is 0 Å². The minimum Gasteiger partial charge on any atom is -0.461 e. The summed E-state index contributed by atoms with van der Waals surface area (Å²) in [6.45, 7) is 3.82. The predicted molar refractivity (Wildman–Crippen MR) is 27.5 cm³/mol. The maximum atomic E-state index is 10.1. The summed E-state index contributed by atoms with van der Waals surface area (Å²) in [5.74, 6) is -0.694. The third kappa shape index (κ3) is 3.61. The quantitative estimate of drug-likeness (QED) is 0.535. The lowest BCUT2D eigenvalue weighted by Gasteiger charge is -2.03.